The number of carboxylic acid groups (broad SMARTS) is 1. The van der Waals surface area contributed by atoms with E-state index in [-0.39, 0.29) is 0 Å². The average molecular weight is 293 g/mol. The molecule has 0 fully saturated rings. The van der Waals surface area contributed by atoms with E-state index < -0.39 is 24.0 Å². The van der Waals surface area contributed by atoms with Crippen LogP contribution >= 0.6 is 0 Å². The van der Waals surface area contributed by atoms with Crippen LogP contribution in [0.3, 0.4) is 0 Å². The maximum absolute atomic E-state index is 12.0. The van der Waals surface area contributed by atoms with E-state index in [1.807, 2.05) is 0 Å². The van der Waals surface area contributed by atoms with Crippen LogP contribution in [0.15, 0.2) is 30.3 Å². The summed E-state index contributed by atoms with van der Waals surface area (Å²) in [5.74, 6) is -1.02. The van der Waals surface area contributed by atoms with E-state index in [0.29, 0.717) is 18.1 Å². The molecule has 0 bridgehead atoms. The van der Waals surface area contributed by atoms with Crippen molar-refractivity contribution >= 4 is 11.9 Å². The van der Waals surface area contributed by atoms with E-state index in [0.717, 1.165) is 6.42 Å². The summed E-state index contributed by atoms with van der Waals surface area (Å²) in [6, 6.07) is 7.55. The molecule has 0 aromatic heterocycles. The van der Waals surface area contributed by atoms with E-state index in [2.05, 4.69) is 19.2 Å². The van der Waals surface area contributed by atoms with Crippen molar-refractivity contribution in [1.29, 1.82) is 0 Å². The smallest absolute Gasteiger partial charge is 0.330 e. The van der Waals surface area contributed by atoms with Crippen LogP contribution in [0.5, 0.6) is 0 Å². The number of carboxylic acids is 1. The van der Waals surface area contributed by atoms with Gasteiger partial charge in [0.15, 0.2) is 6.04 Å². The Kier molecular flexibility index (Phi) is 6.88. The zero-order chi connectivity index (χ0) is 15.8. The molecule has 0 saturated heterocycles. The highest BCUT2D eigenvalue weighted by Crippen LogP contribution is 2.13. The molecule has 1 amide bonds. The van der Waals surface area contributed by atoms with Crippen molar-refractivity contribution < 1.29 is 19.4 Å². The van der Waals surface area contributed by atoms with Gasteiger partial charge in [-0.15, -0.1) is 0 Å². The summed E-state index contributed by atoms with van der Waals surface area (Å²) < 4.78 is 5.43. The second kappa shape index (κ2) is 8.42. The number of carbonyl (C=O) groups is 2. The first-order valence-corrected chi connectivity index (χ1v) is 7.11. The Balaban J connectivity index is 2.59. The van der Waals surface area contributed by atoms with Gasteiger partial charge in [0, 0.05) is 6.61 Å². The Morgan fingerprint density at radius 1 is 1.19 bits per heavy atom. The van der Waals surface area contributed by atoms with Gasteiger partial charge in [0.1, 0.15) is 6.10 Å². The zero-order valence-corrected chi connectivity index (χ0v) is 12.7. The number of nitrogens with one attached hydrogen (secondary N) is 1. The minimum atomic E-state index is -1.09. The van der Waals surface area contributed by atoms with Crippen LogP contribution in [0.25, 0.3) is 0 Å². The molecule has 1 aromatic carbocycles. The summed E-state index contributed by atoms with van der Waals surface area (Å²) in [6.07, 6.45) is 0.188. The first-order chi connectivity index (χ1) is 9.91. The number of ether oxygens (including phenoxy) is 1. The number of aliphatic carboxylic acids is 1. The van der Waals surface area contributed by atoms with Gasteiger partial charge >= 0.3 is 5.97 Å². The molecule has 2 N–H and O–H groups in total. The van der Waals surface area contributed by atoms with Crippen molar-refractivity contribution in [2.75, 3.05) is 6.61 Å². The molecule has 5 nitrogen and oxygen atoms in total. The SMILES string of the molecule is CC(C)CCOC(C)C(=O)N[C@@H](C(=O)O)c1ccccc1. The molecule has 0 spiro atoms. The minimum absolute atomic E-state index is 0.421. The maximum Gasteiger partial charge on any atom is 0.330 e. The van der Waals surface area contributed by atoms with Crippen molar-refractivity contribution in [3.05, 3.63) is 35.9 Å². The Morgan fingerprint density at radius 3 is 2.33 bits per heavy atom. The predicted octanol–water partition coefficient (Wildman–Crippen LogP) is 2.38. The molecule has 0 saturated carbocycles. The standard InChI is InChI=1S/C16H23NO4/c1-11(2)9-10-21-12(3)15(18)17-14(16(19)20)13-7-5-4-6-8-13/h4-8,11-12,14H,9-10H2,1-3H3,(H,17,18)(H,19,20)/t12?,14-/m1/s1. The van der Waals surface area contributed by atoms with Crippen molar-refractivity contribution in [2.24, 2.45) is 5.92 Å². The van der Waals surface area contributed by atoms with Crippen LogP contribution in [-0.4, -0.2) is 29.7 Å². The summed E-state index contributed by atoms with van der Waals surface area (Å²) >= 11 is 0. The third-order valence-corrected chi connectivity index (χ3v) is 3.10. The van der Waals surface area contributed by atoms with Crippen LogP contribution in [0.1, 0.15) is 38.8 Å². The Labute approximate surface area is 125 Å². The third kappa shape index (κ3) is 5.95. The summed E-state index contributed by atoms with van der Waals surface area (Å²) in [6.45, 7) is 6.25. The molecule has 0 aliphatic carbocycles. The van der Waals surface area contributed by atoms with Gasteiger partial charge < -0.3 is 15.2 Å². The summed E-state index contributed by atoms with van der Waals surface area (Å²) in [4.78, 5) is 23.3. The second-order valence-electron chi connectivity index (χ2n) is 5.39. The molecule has 2 atom stereocenters. The lowest BCUT2D eigenvalue weighted by Crippen LogP contribution is -2.40. The summed E-state index contributed by atoms with van der Waals surface area (Å²) in [5, 5.41) is 11.8. The van der Waals surface area contributed by atoms with Gasteiger partial charge in [0.05, 0.1) is 0 Å². The fourth-order valence-electron chi connectivity index (χ4n) is 1.75. The number of benzene rings is 1. The first kappa shape index (κ1) is 17.2. The molecule has 5 heteroatoms. The number of hydrogen-bond acceptors (Lipinski definition) is 3. The van der Waals surface area contributed by atoms with Gasteiger partial charge in [-0.25, -0.2) is 4.79 Å². The van der Waals surface area contributed by atoms with Gasteiger partial charge in [0.25, 0.3) is 0 Å². The molecule has 1 rings (SSSR count). The number of amides is 1. The van der Waals surface area contributed by atoms with Crippen molar-refractivity contribution in [3.8, 4) is 0 Å². The Morgan fingerprint density at radius 2 is 1.81 bits per heavy atom. The molecule has 0 radical (unpaired) electrons. The fraction of sp³-hybridized carbons (Fsp3) is 0.500. The fourth-order valence-corrected chi connectivity index (χ4v) is 1.75. The predicted molar refractivity (Wildman–Crippen MR) is 79.8 cm³/mol. The molecular weight excluding hydrogens is 270 g/mol. The summed E-state index contributed by atoms with van der Waals surface area (Å²) in [7, 11) is 0. The van der Waals surface area contributed by atoms with Gasteiger partial charge in [-0.2, -0.15) is 0 Å². The molecule has 21 heavy (non-hydrogen) atoms. The lowest BCUT2D eigenvalue weighted by Gasteiger charge is -2.19. The Bertz CT molecular complexity index is 459. The normalized spacial score (nSPS) is 13.7. The molecule has 116 valence electrons. The molecule has 0 aliphatic rings. The molecule has 0 aliphatic heterocycles. The molecule has 1 unspecified atom stereocenters. The van der Waals surface area contributed by atoms with Gasteiger partial charge in [-0.1, -0.05) is 44.2 Å². The van der Waals surface area contributed by atoms with Crippen LogP contribution in [0.2, 0.25) is 0 Å². The van der Waals surface area contributed by atoms with E-state index >= 15 is 0 Å². The van der Waals surface area contributed by atoms with Crippen molar-refractivity contribution in [1.82, 2.24) is 5.32 Å². The average Bonchev–Trinajstić information content (AvgIpc) is 2.44. The van der Waals surface area contributed by atoms with Crippen LogP contribution < -0.4 is 5.32 Å². The van der Waals surface area contributed by atoms with Crippen LogP contribution in [-0.2, 0) is 14.3 Å². The van der Waals surface area contributed by atoms with E-state index in [1.54, 1.807) is 37.3 Å². The lowest BCUT2D eigenvalue weighted by atomic mass is 10.1. The Hall–Kier alpha value is -1.88. The quantitative estimate of drug-likeness (QED) is 0.771. The van der Waals surface area contributed by atoms with Crippen molar-refractivity contribution in [3.63, 3.8) is 0 Å². The van der Waals surface area contributed by atoms with Crippen LogP contribution in [0.4, 0.5) is 0 Å². The highest BCUT2D eigenvalue weighted by atomic mass is 16.5. The van der Waals surface area contributed by atoms with Gasteiger partial charge in [-0.05, 0) is 24.8 Å². The number of hydrogen-bond donors (Lipinski definition) is 2. The minimum Gasteiger partial charge on any atom is -0.479 e. The van der Waals surface area contributed by atoms with Crippen LogP contribution in [0, 0.1) is 5.92 Å². The molecular formula is C16H23NO4. The summed E-state index contributed by atoms with van der Waals surface area (Å²) in [5.41, 5.74) is 0.535. The second-order valence-corrected chi connectivity index (χ2v) is 5.39. The molecule has 1 aromatic rings. The maximum atomic E-state index is 12.0. The van der Waals surface area contributed by atoms with Crippen molar-refractivity contribution in [2.45, 2.75) is 39.3 Å². The van der Waals surface area contributed by atoms with E-state index in [4.69, 9.17) is 4.74 Å². The van der Waals surface area contributed by atoms with Gasteiger partial charge in [0.2, 0.25) is 5.91 Å². The first-order valence-electron chi connectivity index (χ1n) is 7.11. The molecule has 0 heterocycles. The van der Waals surface area contributed by atoms with E-state index in [9.17, 15) is 14.7 Å². The lowest BCUT2D eigenvalue weighted by molar-refractivity contribution is -0.144. The number of rotatable bonds is 8. The number of carbonyl (C=O) groups excluding carboxylic acids is 1. The zero-order valence-electron chi connectivity index (χ0n) is 12.7. The topological polar surface area (TPSA) is 75.6 Å². The highest BCUT2D eigenvalue weighted by molar-refractivity contribution is 5.86. The highest BCUT2D eigenvalue weighted by Gasteiger charge is 2.24. The third-order valence-electron chi connectivity index (χ3n) is 3.10. The monoisotopic (exact) mass is 293 g/mol. The van der Waals surface area contributed by atoms with E-state index in [1.165, 1.54) is 0 Å². The largest absolute Gasteiger partial charge is 0.479 e. The van der Waals surface area contributed by atoms with Gasteiger partial charge in [-0.3, -0.25) is 4.79 Å².